The Labute approximate surface area is 184 Å². The number of carbonyl (C=O) groups excluding carboxylic acids is 1. The lowest BCUT2D eigenvalue weighted by molar-refractivity contribution is -0.140. The van der Waals surface area contributed by atoms with Crippen LogP contribution in [0.25, 0.3) is 0 Å². The average Bonchev–Trinajstić information content (AvgIpc) is 3.25. The molecule has 1 aromatic heterocycles. The van der Waals surface area contributed by atoms with Crippen molar-refractivity contribution in [3.63, 3.8) is 0 Å². The quantitative estimate of drug-likeness (QED) is 0.621. The van der Waals surface area contributed by atoms with Crippen molar-refractivity contribution in [1.82, 2.24) is 9.97 Å². The van der Waals surface area contributed by atoms with Crippen molar-refractivity contribution >= 4 is 11.8 Å². The van der Waals surface area contributed by atoms with Crippen LogP contribution in [0.5, 0.6) is 0 Å². The molecule has 3 rings (SSSR count). The number of halogens is 3. The summed E-state index contributed by atoms with van der Waals surface area (Å²) in [5, 5.41) is 3.25. The highest BCUT2D eigenvalue weighted by Crippen LogP contribution is 2.38. The van der Waals surface area contributed by atoms with Gasteiger partial charge in [0.15, 0.2) is 6.29 Å². The number of rotatable bonds is 7. The van der Waals surface area contributed by atoms with E-state index in [1.165, 1.54) is 20.1 Å². The van der Waals surface area contributed by atoms with Crippen LogP contribution in [0.15, 0.2) is 18.2 Å². The van der Waals surface area contributed by atoms with Crippen molar-refractivity contribution < 1.29 is 32.2 Å². The fourth-order valence-electron chi connectivity index (χ4n) is 3.77. The molecule has 1 aromatic carbocycles. The van der Waals surface area contributed by atoms with E-state index in [0.717, 1.165) is 6.07 Å². The largest absolute Gasteiger partial charge is 0.469 e. The van der Waals surface area contributed by atoms with Crippen LogP contribution in [0.3, 0.4) is 0 Å². The molecule has 2 heterocycles. The third kappa shape index (κ3) is 5.18. The summed E-state index contributed by atoms with van der Waals surface area (Å²) in [4.78, 5) is 20.8. The number of aromatic nitrogens is 2. The first kappa shape index (κ1) is 23.9. The molecule has 1 fully saturated rings. The fourth-order valence-corrected chi connectivity index (χ4v) is 3.77. The van der Waals surface area contributed by atoms with Crippen LogP contribution in [0.1, 0.15) is 59.4 Å². The predicted octanol–water partition coefficient (Wildman–Crippen LogP) is 4.44. The third-order valence-corrected chi connectivity index (χ3v) is 5.31. The smallest absolute Gasteiger partial charge is 0.416 e. The van der Waals surface area contributed by atoms with Gasteiger partial charge in [0.2, 0.25) is 0 Å². The van der Waals surface area contributed by atoms with Gasteiger partial charge in [-0.25, -0.2) is 9.97 Å². The van der Waals surface area contributed by atoms with Gasteiger partial charge >= 0.3 is 12.1 Å². The minimum absolute atomic E-state index is 0.119. The molecule has 2 aromatic rings. The summed E-state index contributed by atoms with van der Waals surface area (Å²) < 4.78 is 56.4. The van der Waals surface area contributed by atoms with Gasteiger partial charge in [0.25, 0.3) is 0 Å². The van der Waals surface area contributed by atoms with Gasteiger partial charge < -0.3 is 19.5 Å². The SMILES string of the molecule is CC[C@@H](Nc1nc(C)nc(CC(=O)OC)c1C1OCCO1)c1cccc(C(F)(F)F)c1C. The second-order valence-corrected chi connectivity index (χ2v) is 7.43. The van der Waals surface area contributed by atoms with Gasteiger partial charge in [-0.05, 0) is 37.5 Å². The lowest BCUT2D eigenvalue weighted by Gasteiger charge is -2.25. The Balaban J connectivity index is 2.06. The molecule has 10 heteroatoms. The summed E-state index contributed by atoms with van der Waals surface area (Å²) in [6.45, 7) is 5.71. The molecule has 0 aliphatic carbocycles. The van der Waals surface area contributed by atoms with Gasteiger partial charge in [-0.3, -0.25) is 4.79 Å². The van der Waals surface area contributed by atoms with E-state index in [2.05, 4.69) is 15.3 Å². The zero-order chi connectivity index (χ0) is 23.5. The van der Waals surface area contributed by atoms with Gasteiger partial charge in [-0.2, -0.15) is 13.2 Å². The second-order valence-electron chi connectivity index (χ2n) is 7.43. The van der Waals surface area contributed by atoms with E-state index in [1.807, 2.05) is 6.92 Å². The molecule has 1 atom stereocenters. The van der Waals surface area contributed by atoms with Crippen LogP contribution in [-0.4, -0.2) is 36.3 Å². The summed E-state index contributed by atoms with van der Waals surface area (Å²) in [5.74, 6) is 0.254. The first-order valence-electron chi connectivity index (χ1n) is 10.3. The summed E-state index contributed by atoms with van der Waals surface area (Å²) in [5.41, 5.74) is 0.807. The standard InChI is InChI=1S/C22H26F3N3O4/c1-5-16(14-7-6-8-15(12(14)2)22(23,24)25)28-20-19(21-31-9-10-32-21)17(11-18(29)30-4)26-13(3)27-20/h6-8,16,21H,5,9-11H2,1-4H3,(H,26,27,28)/t16-/m1/s1. The maximum absolute atomic E-state index is 13.4. The Hall–Kier alpha value is -2.72. The predicted molar refractivity (Wildman–Crippen MR) is 110 cm³/mol. The van der Waals surface area contributed by atoms with Crippen molar-refractivity contribution in [2.45, 2.75) is 52.1 Å². The van der Waals surface area contributed by atoms with E-state index < -0.39 is 30.0 Å². The molecular formula is C22H26F3N3O4. The van der Waals surface area contributed by atoms with Crippen molar-refractivity contribution in [2.75, 3.05) is 25.6 Å². The van der Waals surface area contributed by atoms with Crippen LogP contribution < -0.4 is 5.32 Å². The number of hydrogen-bond donors (Lipinski definition) is 1. The number of carbonyl (C=O) groups is 1. The average molecular weight is 453 g/mol. The Kier molecular flexibility index (Phi) is 7.35. The van der Waals surface area contributed by atoms with Crippen LogP contribution in [-0.2, 0) is 31.6 Å². The number of esters is 1. The molecule has 0 bridgehead atoms. The molecule has 0 unspecified atom stereocenters. The van der Waals surface area contributed by atoms with Crippen molar-refractivity contribution in [2.24, 2.45) is 0 Å². The zero-order valence-corrected chi connectivity index (χ0v) is 18.4. The maximum Gasteiger partial charge on any atom is 0.416 e. The van der Waals surface area contributed by atoms with E-state index in [1.54, 1.807) is 13.0 Å². The summed E-state index contributed by atoms with van der Waals surface area (Å²) in [6.07, 6.45) is -4.87. The first-order chi connectivity index (χ1) is 15.2. The van der Waals surface area contributed by atoms with Gasteiger partial charge in [0.1, 0.15) is 11.6 Å². The van der Waals surface area contributed by atoms with Crippen molar-refractivity contribution in [3.05, 3.63) is 52.0 Å². The fraction of sp³-hybridized carbons (Fsp3) is 0.500. The molecular weight excluding hydrogens is 427 g/mol. The normalized spacial score (nSPS) is 15.6. The lowest BCUT2D eigenvalue weighted by Crippen LogP contribution is -2.20. The molecule has 1 N–H and O–H groups in total. The van der Waals surface area contributed by atoms with Crippen molar-refractivity contribution in [3.8, 4) is 0 Å². The first-order valence-corrected chi connectivity index (χ1v) is 10.3. The highest BCUT2D eigenvalue weighted by atomic mass is 19.4. The highest BCUT2D eigenvalue weighted by Gasteiger charge is 2.34. The lowest BCUT2D eigenvalue weighted by atomic mass is 9.94. The van der Waals surface area contributed by atoms with E-state index in [4.69, 9.17) is 14.2 Å². The van der Waals surface area contributed by atoms with E-state index >= 15 is 0 Å². The highest BCUT2D eigenvalue weighted by molar-refractivity contribution is 5.73. The number of ether oxygens (including phenoxy) is 3. The molecule has 1 saturated heterocycles. The van der Waals surface area contributed by atoms with Crippen LogP contribution >= 0.6 is 0 Å². The van der Waals surface area contributed by atoms with E-state index in [0.29, 0.717) is 48.1 Å². The topological polar surface area (TPSA) is 82.6 Å². The molecule has 7 nitrogen and oxygen atoms in total. The molecule has 0 saturated carbocycles. The Bertz CT molecular complexity index is 976. The molecule has 0 amide bonds. The summed E-state index contributed by atoms with van der Waals surface area (Å²) in [6, 6.07) is 3.66. The van der Waals surface area contributed by atoms with Crippen LogP contribution in [0.4, 0.5) is 19.0 Å². The number of benzene rings is 1. The number of hydrogen-bond acceptors (Lipinski definition) is 7. The summed E-state index contributed by atoms with van der Waals surface area (Å²) in [7, 11) is 1.28. The van der Waals surface area contributed by atoms with E-state index in [9.17, 15) is 18.0 Å². The Morgan fingerprint density at radius 1 is 1.25 bits per heavy atom. The molecule has 1 aliphatic heterocycles. The zero-order valence-electron chi connectivity index (χ0n) is 18.4. The van der Waals surface area contributed by atoms with Crippen molar-refractivity contribution in [1.29, 1.82) is 0 Å². The summed E-state index contributed by atoms with van der Waals surface area (Å²) >= 11 is 0. The van der Waals surface area contributed by atoms with Gasteiger partial charge in [0.05, 0.1) is 49.6 Å². The maximum atomic E-state index is 13.4. The Morgan fingerprint density at radius 3 is 2.53 bits per heavy atom. The molecule has 1 aliphatic rings. The van der Waals surface area contributed by atoms with E-state index in [-0.39, 0.29) is 12.0 Å². The number of aryl methyl sites for hydroxylation is 1. The molecule has 174 valence electrons. The Morgan fingerprint density at radius 2 is 1.94 bits per heavy atom. The number of nitrogens with zero attached hydrogens (tertiary/aromatic N) is 2. The number of alkyl halides is 3. The number of nitrogens with one attached hydrogen (secondary N) is 1. The minimum atomic E-state index is -4.45. The number of anilines is 1. The van der Waals surface area contributed by atoms with Gasteiger partial charge in [0, 0.05) is 0 Å². The minimum Gasteiger partial charge on any atom is -0.469 e. The molecule has 0 radical (unpaired) electrons. The molecule has 32 heavy (non-hydrogen) atoms. The number of methoxy groups -OCH3 is 1. The van der Waals surface area contributed by atoms with Crippen LogP contribution in [0.2, 0.25) is 0 Å². The monoisotopic (exact) mass is 453 g/mol. The second kappa shape index (κ2) is 9.83. The van der Waals surface area contributed by atoms with Crippen LogP contribution in [0, 0.1) is 13.8 Å². The molecule has 0 spiro atoms. The van der Waals surface area contributed by atoms with Gasteiger partial charge in [-0.15, -0.1) is 0 Å². The van der Waals surface area contributed by atoms with Gasteiger partial charge in [-0.1, -0.05) is 19.1 Å². The third-order valence-electron chi connectivity index (χ3n) is 5.31.